The number of likely N-dealkylation sites (tertiary alicyclic amines) is 1. The Morgan fingerprint density at radius 2 is 2.21 bits per heavy atom. The number of carbonyl (C=O) groups excluding carboxylic acids is 2. The third-order valence-electron chi connectivity index (χ3n) is 3.99. The number of rotatable bonds is 7. The standard InChI is InChI=1S/C18H24ClN3O2/c1-21(2)15-8-6-14(16(19)13-15)7-9-17(23)20-10-4-12-22-11-3-5-18(22)24/h6-9,13H,3-5,10-12H2,1-2H3,(H,20,23)/b9-7+. The summed E-state index contributed by atoms with van der Waals surface area (Å²) in [5.74, 6) is 0.0625. The van der Waals surface area contributed by atoms with E-state index in [4.69, 9.17) is 11.6 Å². The van der Waals surface area contributed by atoms with E-state index in [-0.39, 0.29) is 11.8 Å². The van der Waals surface area contributed by atoms with Crippen molar-refractivity contribution in [1.82, 2.24) is 10.2 Å². The Kier molecular flexibility index (Phi) is 6.67. The summed E-state index contributed by atoms with van der Waals surface area (Å²) in [6.45, 7) is 2.11. The maximum Gasteiger partial charge on any atom is 0.244 e. The van der Waals surface area contributed by atoms with E-state index in [1.807, 2.05) is 42.1 Å². The van der Waals surface area contributed by atoms with Crippen molar-refractivity contribution in [2.24, 2.45) is 0 Å². The van der Waals surface area contributed by atoms with E-state index in [1.165, 1.54) is 6.08 Å². The normalized spacial score (nSPS) is 14.5. The van der Waals surface area contributed by atoms with Crippen LogP contribution in [0.15, 0.2) is 24.3 Å². The Morgan fingerprint density at radius 3 is 2.83 bits per heavy atom. The van der Waals surface area contributed by atoms with Crippen LogP contribution in [0.2, 0.25) is 5.02 Å². The monoisotopic (exact) mass is 349 g/mol. The minimum atomic E-state index is -0.157. The van der Waals surface area contributed by atoms with Gasteiger partial charge in [0.1, 0.15) is 0 Å². The minimum absolute atomic E-state index is 0.157. The van der Waals surface area contributed by atoms with E-state index in [1.54, 1.807) is 6.08 Å². The molecule has 1 aromatic carbocycles. The topological polar surface area (TPSA) is 52.7 Å². The fourth-order valence-electron chi connectivity index (χ4n) is 2.58. The summed E-state index contributed by atoms with van der Waals surface area (Å²) < 4.78 is 0. The smallest absolute Gasteiger partial charge is 0.244 e. The van der Waals surface area contributed by atoms with Gasteiger partial charge in [-0.15, -0.1) is 0 Å². The van der Waals surface area contributed by atoms with Gasteiger partial charge in [-0.05, 0) is 36.6 Å². The first kappa shape index (κ1) is 18.3. The number of amides is 2. The molecule has 2 amide bonds. The fraction of sp³-hybridized carbons (Fsp3) is 0.444. The van der Waals surface area contributed by atoms with Crippen LogP contribution in [0.4, 0.5) is 5.69 Å². The van der Waals surface area contributed by atoms with Crippen molar-refractivity contribution in [2.75, 3.05) is 38.6 Å². The predicted molar refractivity (Wildman–Crippen MR) is 98.3 cm³/mol. The molecular formula is C18H24ClN3O2. The first-order valence-corrected chi connectivity index (χ1v) is 8.56. The number of hydrogen-bond donors (Lipinski definition) is 1. The summed E-state index contributed by atoms with van der Waals surface area (Å²) in [6, 6.07) is 5.71. The summed E-state index contributed by atoms with van der Waals surface area (Å²) in [5, 5.41) is 3.43. The van der Waals surface area contributed by atoms with E-state index in [0.717, 1.165) is 30.6 Å². The number of nitrogens with zero attached hydrogens (tertiary/aromatic N) is 2. The number of halogens is 1. The summed E-state index contributed by atoms with van der Waals surface area (Å²) >= 11 is 6.22. The Morgan fingerprint density at radius 1 is 1.42 bits per heavy atom. The molecule has 0 aliphatic carbocycles. The van der Waals surface area contributed by atoms with Crippen molar-refractivity contribution in [2.45, 2.75) is 19.3 Å². The van der Waals surface area contributed by atoms with Crippen molar-refractivity contribution in [3.8, 4) is 0 Å². The molecule has 0 saturated carbocycles. The molecule has 5 nitrogen and oxygen atoms in total. The maximum atomic E-state index is 11.8. The second kappa shape index (κ2) is 8.73. The van der Waals surface area contributed by atoms with Gasteiger partial charge in [-0.2, -0.15) is 0 Å². The van der Waals surface area contributed by atoms with Crippen LogP contribution in [0.25, 0.3) is 6.08 Å². The second-order valence-corrected chi connectivity index (χ2v) is 6.47. The predicted octanol–water partition coefficient (Wildman–Crippen LogP) is 2.55. The molecule has 1 heterocycles. The highest BCUT2D eigenvalue weighted by Gasteiger charge is 2.18. The lowest BCUT2D eigenvalue weighted by atomic mass is 10.2. The van der Waals surface area contributed by atoms with Gasteiger partial charge in [0.15, 0.2) is 0 Å². The average molecular weight is 350 g/mol. The first-order chi connectivity index (χ1) is 11.5. The summed E-state index contributed by atoms with van der Waals surface area (Å²) in [7, 11) is 3.90. The van der Waals surface area contributed by atoms with Crippen LogP contribution >= 0.6 is 11.6 Å². The number of nitrogens with one attached hydrogen (secondary N) is 1. The lowest BCUT2D eigenvalue weighted by Crippen LogP contribution is -2.29. The quantitative estimate of drug-likeness (QED) is 0.608. The number of anilines is 1. The van der Waals surface area contributed by atoms with E-state index < -0.39 is 0 Å². The van der Waals surface area contributed by atoms with E-state index >= 15 is 0 Å². The Balaban J connectivity index is 1.75. The Hall–Kier alpha value is -2.01. The zero-order valence-corrected chi connectivity index (χ0v) is 15.0. The summed E-state index contributed by atoms with van der Waals surface area (Å²) in [6.07, 6.45) is 5.56. The number of benzene rings is 1. The SMILES string of the molecule is CN(C)c1ccc(/C=C/C(=O)NCCCN2CCCC2=O)c(Cl)c1. The zero-order valence-electron chi connectivity index (χ0n) is 14.2. The Bertz CT molecular complexity index is 629. The zero-order chi connectivity index (χ0) is 17.5. The van der Waals surface area contributed by atoms with Crippen LogP contribution in [0.1, 0.15) is 24.8 Å². The van der Waals surface area contributed by atoms with Gasteiger partial charge >= 0.3 is 0 Å². The van der Waals surface area contributed by atoms with E-state index in [9.17, 15) is 9.59 Å². The van der Waals surface area contributed by atoms with Crippen molar-refractivity contribution in [3.05, 3.63) is 34.9 Å². The van der Waals surface area contributed by atoms with Gasteiger partial charge in [0.2, 0.25) is 11.8 Å². The van der Waals surface area contributed by atoms with Gasteiger partial charge in [0.05, 0.1) is 0 Å². The molecule has 1 fully saturated rings. The molecular weight excluding hydrogens is 326 g/mol. The van der Waals surface area contributed by atoms with Crippen molar-refractivity contribution in [1.29, 1.82) is 0 Å². The van der Waals surface area contributed by atoms with Gasteiger partial charge in [-0.25, -0.2) is 0 Å². The van der Waals surface area contributed by atoms with Crippen LogP contribution in [0.5, 0.6) is 0 Å². The minimum Gasteiger partial charge on any atom is -0.378 e. The van der Waals surface area contributed by atoms with Crippen LogP contribution in [-0.4, -0.2) is 50.4 Å². The highest BCUT2D eigenvalue weighted by Crippen LogP contribution is 2.23. The number of carbonyl (C=O) groups is 2. The molecule has 1 saturated heterocycles. The molecule has 0 aromatic heterocycles. The van der Waals surface area contributed by atoms with E-state index in [2.05, 4.69) is 5.32 Å². The summed E-state index contributed by atoms with van der Waals surface area (Å²) in [4.78, 5) is 27.1. The lowest BCUT2D eigenvalue weighted by Gasteiger charge is -2.15. The third-order valence-corrected chi connectivity index (χ3v) is 4.32. The lowest BCUT2D eigenvalue weighted by molar-refractivity contribution is -0.127. The van der Waals surface area contributed by atoms with Crippen molar-refractivity contribution >= 4 is 35.2 Å². The van der Waals surface area contributed by atoms with Crippen LogP contribution in [0, 0.1) is 0 Å². The van der Waals surface area contributed by atoms with Crippen LogP contribution in [-0.2, 0) is 9.59 Å². The second-order valence-electron chi connectivity index (χ2n) is 6.06. The van der Waals surface area contributed by atoms with Crippen LogP contribution in [0.3, 0.4) is 0 Å². The molecule has 0 bridgehead atoms. The van der Waals surface area contributed by atoms with Crippen molar-refractivity contribution in [3.63, 3.8) is 0 Å². The molecule has 0 atom stereocenters. The third kappa shape index (κ3) is 5.27. The molecule has 0 spiro atoms. The molecule has 1 aliphatic heterocycles. The van der Waals surface area contributed by atoms with Gasteiger partial charge in [-0.1, -0.05) is 17.7 Å². The molecule has 6 heteroatoms. The number of hydrogen-bond acceptors (Lipinski definition) is 3. The molecule has 0 unspecified atom stereocenters. The first-order valence-electron chi connectivity index (χ1n) is 8.18. The molecule has 1 aliphatic rings. The van der Waals surface area contributed by atoms with Gasteiger partial charge < -0.3 is 15.1 Å². The highest BCUT2D eigenvalue weighted by molar-refractivity contribution is 6.32. The van der Waals surface area contributed by atoms with Gasteiger partial charge in [-0.3, -0.25) is 9.59 Å². The highest BCUT2D eigenvalue weighted by atomic mass is 35.5. The largest absolute Gasteiger partial charge is 0.378 e. The Labute approximate surface area is 148 Å². The van der Waals surface area contributed by atoms with Gasteiger partial charge in [0, 0.05) is 56.9 Å². The maximum absolute atomic E-state index is 11.8. The van der Waals surface area contributed by atoms with Crippen molar-refractivity contribution < 1.29 is 9.59 Å². The van der Waals surface area contributed by atoms with E-state index in [0.29, 0.717) is 24.5 Å². The molecule has 0 radical (unpaired) electrons. The fourth-order valence-corrected chi connectivity index (χ4v) is 2.81. The molecule has 1 aromatic rings. The molecule has 24 heavy (non-hydrogen) atoms. The van der Waals surface area contributed by atoms with Crippen LogP contribution < -0.4 is 10.2 Å². The van der Waals surface area contributed by atoms with Gasteiger partial charge in [0.25, 0.3) is 0 Å². The average Bonchev–Trinajstić information content (AvgIpc) is 2.95. The molecule has 1 N–H and O–H groups in total. The molecule has 2 rings (SSSR count). The summed E-state index contributed by atoms with van der Waals surface area (Å²) in [5.41, 5.74) is 1.82. The molecule has 130 valence electrons.